The van der Waals surface area contributed by atoms with Crippen LogP contribution in [0.5, 0.6) is 0 Å². The van der Waals surface area contributed by atoms with Crippen LogP contribution in [-0.4, -0.2) is 24.1 Å². The van der Waals surface area contributed by atoms with E-state index in [2.05, 4.69) is 15.5 Å². The molecular formula is C11H10F3N3O2S. The molecule has 0 bridgehead atoms. The quantitative estimate of drug-likeness (QED) is 0.909. The number of benzene rings is 1. The summed E-state index contributed by atoms with van der Waals surface area (Å²) in [6.07, 6.45) is 1.57. The van der Waals surface area contributed by atoms with Crippen LogP contribution in [0.3, 0.4) is 0 Å². The van der Waals surface area contributed by atoms with Crippen molar-refractivity contribution in [2.24, 2.45) is 0 Å². The fourth-order valence-electron chi connectivity index (χ4n) is 1.47. The summed E-state index contributed by atoms with van der Waals surface area (Å²) in [6, 6.07) is 6.11. The van der Waals surface area contributed by atoms with E-state index in [0.717, 1.165) is 17.8 Å². The zero-order valence-electron chi connectivity index (χ0n) is 9.98. The van der Waals surface area contributed by atoms with Gasteiger partial charge in [-0.15, -0.1) is 0 Å². The maximum Gasteiger partial charge on any atom is 0.501 e. The molecule has 1 aromatic heterocycles. The fraction of sp³-hybridized carbons (Fsp3) is 0.182. The van der Waals surface area contributed by atoms with Gasteiger partial charge in [-0.1, -0.05) is 0 Å². The van der Waals surface area contributed by atoms with Crippen molar-refractivity contribution in [2.45, 2.75) is 16.9 Å². The van der Waals surface area contributed by atoms with E-state index in [1.165, 1.54) is 12.1 Å². The molecule has 0 aliphatic heterocycles. The van der Waals surface area contributed by atoms with Crippen LogP contribution in [-0.2, 0) is 16.4 Å². The Morgan fingerprint density at radius 1 is 1.15 bits per heavy atom. The van der Waals surface area contributed by atoms with Crippen molar-refractivity contribution in [2.75, 3.05) is 5.32 Å². The number of nitrogens with zero attached hydrogens (tertiary/aromatic N) is 1. The summed E-state index contributed by atoms with van der Waals surface area (Å²) in [6.45, 7) is 0.394. The first kappa shape index (κ1) is 14.4. The highest BCUT2D eigenvalue weighted by Gasteiger charge is 2.46. The van der Waals surface area contributed by atoms with Crippen molar-refractivity contribution in [3.8, 4) is 0 Å². The number of anilines is 1. The SMILES string of the molecule is O=S(=O)(c1ccc(NCc2ccn[nH]2)cc1)C(F)(F)F. The summed E-state index contributed by atoms with van der Waals surface area (Å²) in [5.74, 6) is 0. The molecule has 20 heavy (non-hydrogen) atoms. The first-order valence-electron chi connectivity index (χ1n) is 5.44. The molecular weight excluding hydrogens is 295 g/mol. The number of alkyl halides is 3. The predicted molar refractivity (Wildman–Crippen MR) is 65.6 cm³/mol. The van der Waals surface area contributed by atoms with E-state index >= 15 is 0 Å². The molecule has 0 radical (unpaired) electrons. The van der Waals surface area contributed by atoms with Gasteiger partial charge in [0.1, 0.15) is 0 Å². The van der Waals surface area contributed by atoms with Gasteiger partial charge < -0.3 is 5.32 Å². The van der Waals surface area contributed by atoms with Gasteiger partial charge in [-0.25, -0.2) is 8.42 Å². The monoisotopic (exact) mass is 305 g/mol. The number of aromatic amines is 1. The number of rotatable bonds is 4. The molecule has 2 aromatic rings. The van der Waals surface area contributed by atoms with Gasteiger partial charge in [0.25, 0.3) is 9.84 Å². The Hall–Kier alpha value is -2.03. The molecule has 1 aromatic carbocycles. The summed E-state index contributed by atoms with van der Waals surface area (Å²) >= 11 is 0. The Bertz CT molecular complexity index is 664. The summed E-state index contributed by atoms with van der Waals surface area (Å²) in [5.41, 5.74) is -4.00. The Kier molecular flexibility index (Phi) is 3.71. The predicted octanol–water partition coefficient (Wildman–Crippen LogP) is 2.32. The Morgan fingerprint density at radius 3 is 2.30 bits per heavy atom. The third-order valence-corrected chi connectivity index (χ3v) is 4.01. The van der Waals surface area contributed by atoms with Gasteiger partial charge in [0.15, 0.2) is 0 Å². The van der Waals surface area contributed by atoms with Gasteiger partial charge in [-0.05, 0) is 30.3 Å². The second kappa shape index (κ2) is 5.16. The number of H-pyrrole nitrogens is 1. The lowest BCUT2D eigenvalue weighted by molar-refractivity contribution is -0.0436. The number of aromatic nitrogens is 2. The van der Waals surface area contributed by atoms with E-state index in [-0.39, 0.29) is 0 Å². The van der Waals surface area contributed by atoms with Gasteiger partial charge >= 0.3 is 5.51 Å². The summed E-state index contributed by atoms with van der Waals surface area (Å²) in [7, 11) is -5.30. The lowest BCUT2D eigenvalue weighted by Gasteiger charge is -2.09. The van der Waals surface area contributed by atoms with E-state index < -0.39 is 20.2 Å². The fourth-order valence-corrected chi connectivity index (χ4v) is 2.23. The number of sulfone groups is 1. The zero-order valence-corrected chi connectivity index (χ0v) is 10.8. The van der Waals surface area contributed by atoms with Crippen LogP contribution in [0.1, 0.15) is 5.69 Å². The third kappa shape index (κ3) is 2.93. The molecule has 0 saturated heterocycles. The minimum absolute atomic E-state index is 0.394. The first-order chi connectivity index (χ1) is 9.30. The molecule has 0 saturated carbocycles. The smallest absolute Gasteiger partial charge is 0.379 e. The minimum Gasteiger partial charge on any atom is -0.379 e. The van der Waals surface area contributed by atoms with Crippen LogP contribution in [0.15, 0.2) is 41.4 Å². The molecule has 0 aliphatic rings. The minimum atomic E-state index is -5.30. The molecule has 0 amide bonds. The molecule has 0 unspecified atom stereocenters. The molecule has 0 aliphatic carbocycles. The molecule has 5 nitrogen and oxygen atoms in total. The standard InChI is InChI=1S/C11H10F3N3O2S/c12-11(13,14)20(18,19)10-3-1-8(2-4-10)15-7-9-5-6-16-17-9/h1-6,15H,7H2,(H,16,17). The van der Waals surface area contributed by atoms with E-state index in [0.29, 0.717) is 12.2 Å². The van der Waals surface area contributed by atoms with Crippen LogP contribution in [0.2, 0.25) is 0 Å². The maximum atomic E-state index is 12.3. The molecule has 0 fully saturated rings. The molecule has 9 heteroatoms. The Labute approximate surface area is 112 Å². The van der Waals surface area contributed by atoms with Crippen molar-refractivity contribution in [3.63, 3.8) is 0 Å². The molecule has 0 spiro atoms. The second-order valence-electron chi connectivity index (χ2n) is 3.91. The Morgan fingerprint density at radius 2 is 1.80 bits per heavy atom. The summed E-state index contributed by atoms with van der Waals surface area (Å²) in [5, 5.41) is 9.36. The van der Waals surface area contributed by atoms with Crippen LogP contribution in [0, 0.1) is 0 Å². The van der Waals surface area contributed by atoms with E-state index in [1.807, 2.05) is 0 Å². The number of halogens is 3. The van der Waals surface area contributed by atoms with Crippen LogP contribution >= 0.6 is 0 Å². The maximum absolute atomic E-state index is 12.3. The topological polar surface area (TPSA) is 74.8 Å². The lowest BCUT2D eigenvalue weighted by Crippen LogP contribution is -2.23. The first-order valence-corrected chi connectivity index (χ1v) is 6.92. The highest BCUT2D eigenvalue weighted by Crippen LogP contribution is 2.30. The number of nitrogens with one attached hydrogen (secondary N) is 2. The van der Waals surface area contributed by atoms with Crippen molar-refractivity contribution >= 4 is 15.5 Å². The van der Waals surface area contributed by atoms with Gasteiger partial charge in [0, 0.05) is 11.9 Å². The van der Waals surface area contributed by atoms with Gasteiger partial charge in [0.2, 0.25) is 0 Å². The largest absolute Gasteiger partial charge is 0.501 e. The van der Waals surface area contributed by atoms with Crippen molar-refractivity contribution in [3.05, 3.63) is 42.2 Å². The normalized spacial score (nSPS) is 12.3. The third-order valence-electron chi connectivity index (χ3n) is 2.51. The summed E-state index contributed by atoms with van der Waals surface area (Å²) in [4.78, 5) is -0.780. The van der Waals surface area contributed by atoms with Crippen molar-refractivity contribution in [1.82, 2.24) is 10.2 Å². The van der Waals surface area contributed by atoms with E-state index in [4.69, 9.17) is 0 Å². The van der Waals surface area contributed by atoms with Gasteiger partial charge in [0.05, 0.1) is 17.1 Å². The summed E-state index contributed by atoms with van der Waals surface area (Å²) < 4.78 is 59.3. The van der Waals surface area contributed by atoms with Crippen molar-refractivity contribution < 1.29 is 21.6 Å². The van der Waals surface area contributed by atoms with E-state index in [1.54, 1.807) is 12.3 Å². The average Bonchev–Trinajstić information content (AvgIpc) is 2.88. The van der Waals surface area contributed by atoms with E-state index in [9.17, 15) is 21.6 Å². The van der Waals surface area contributed by atoms with Crippen LogP contribution in [0.25, 0.3) is 0 Å². The molecule has 0 atom stereocenters. The molecule has 2 rings (SSSR count). The average molecular weight is 305 g/mol. The number of hydrogen-bond donors (Lipinski definition) is 2. The molecule has 108 valence electrons. The number of hydrogen-bond acceptors (Lipinski definition) is 4. The Balaban J connectivity index is 2.11. The highest BCUT2D eigenvalue weighted by molar-refractivity contribution is 7.92. The van der Waals surface area contributed by atoms with Crippen LogP contribution < -0.4 is 5.32 Å². The van der Waals surface area contributed by atoms with Crippen LogP contribution in [0.4, 0.5) is 18.9 Å². The zero-order chi connectivity index (χ0) is 14.8. The van der Waals surface area contributed by atoms with Crippen molar-refractivity contribution in [1.29, 1.82) is 0 Å². The van der Waals surface area contributed by atoms with Gasteiger partial charge in [-0.2, -0.15) is 18.3 Å². The van der Waals surface area contributed by atoms with Gasteiger partial charge in [-0.3, -0.25) is 5.10 Å². The highest BCUT2D eigenvalue weighted by atomic mass is 32.2. The lowest BCUT2D eigenvalue weighted by atomic mass is 10.3. The molecule has 2 N–H and O–H groups in total. The molecule has 1 heterocycles. The second-order valence-corrected chi connectivity index (χ2v) is 5.85.